The molecule has 0 amide bonds. The van der Waals surface area contributed by atoms with Crippen LogP contribution in [-0.4, -0.2) is 4.98 Å². The number of hydrogen-bond acceptors (Lipinski definition) is 3. The van der Waals surface area contributed by atoms with Crippen molar-refractivity contribution in [3.63, 3.8) is 0 Å². The molecule has 0 unspecified atom stereocenters. The SMILES string of the molecule is N#Cc1cc(Oc2cccc(Br)c2)ccn1. The van der Waals surface area contributed by atoms with Crippen LogP contribution in [-0.2, 0) is 0 Å². The highest BCUT2D eigenvalue weighted by Gasteiger charge is 1.99. The van der Waals surface area contributed by atoms with Gasteiger partial charge in [-0.1, -0.05) is 22.0 Å². The minimum Gasteiger partial charge on any atom is -0.457 e. The second-order valence-electron chi connectivity index (χ2n) is 3.05. The average molecular weight is 275 g/mol. The zero-order chi connectivity index (χ0) is 11.4. The lowest BCUT2D eigenvalue weighted by molar-refractivity contribution is 0.481. The number of rotatable bonds is 2. The maximum Gasteiger partial charge on any atom is 0.144 e. The largest absolute Gasteiger partial charge is 0.457 e. The van der Waals surface area contributed by atoms with E-state index in [9.17, 15) is 0 Å². The van der Waals surface area contributed by atoms with E-state index in [0.717, 1.165) is 4.47 Å². The highest BCUT2D eigenvalue weighted by molar-refractivity contribution is 9.10. The molecule has 1 heterocycles. The molecule has 0 aliphatic rings. The van der Waals surface area contributed by atoms with Crippen LogP contribution >= 0.6 is 15.9 Å². The summed E-state index contributed by atoms with van der Waals surface area (Å²) in [7, 11) is 0. The summed E-state index contributed by atoms with van der Waals surface area (Å²) in [5, 5.41) is 8.70. The Balaban J connectivity index is 2.24. The molecule has 1 aromatic carbocycles. The Morgan fingerprint density at radius 2 is 2.00 bits per heavy atom. The van der Waals surface area contributed by atoms with Gasteiger partial charge in [-0.3, -0.25) is 0 Å². The Kier molecular flexibility index (Phi) is 3.18. The molecule has 0 aliphatic heterocycles. The standard InChI is InChI=1S/C12H7BrN2O/c13-9-2-1-3-11(6-9)16-12-4-5-15-10(7-12)8-14/h1-7H. The van der Waals surface area contributed by atoms with Crippen LogP contribution in [0.15, 0.2) is 47.1 Å². The number of nitriles is 1. The fraction of sp³-hybridized carbons (Fsp3) is 0. The predicted octanol–water partition coefficient (Wildman–Crippen LogP) is 3.51. The Hall–Kier alpha value is -1.86. The van der Waals surface area contributed by atoms with Crippen LogP contribution in [0.25, 0.3) is 0 Å². The van der Waals surface area contributed by atoms with Gasteiger partial charge in [-0.25, -0.2) is 4.98 Å². The van der Waals surface area contributed by atoms with Gasteiger partial charge in [0.1, 0.15) is 23.3 Å². The molecule has 3 nitrogen and oxygen atoms in total. The van der Waals surface area contributed by atoms with Gasteiger partial charge in [-0.05, 0) is 24.3 Å². The Morgan fingerprint density at radius 3 is 2.75 bits per heavy atom. The van der Waals surface area contributed by atoms with E-state index >= 15 is 0 Å². The van der Waals surface area contributed by atoms with E-state index < -0.39 is 0 Å². The zero-order valence-electron chi connectivity index (χ0n) is 8.22. The highest BCUT2D eigenvalue weighted by Crippen LogP contribution is 2.24. The van der Waals surface area contributed by atoms with Crippen LogP contribution in [0, 0.1) is 11.3 Å². The third-order valence-electron chi connectivity index (χ3n) is 1.88. The van der Waals surface area contributed by atoms with Gasteiger partial charge >= 0.3 is 0 Å². The first kappa shape index (κ1) is 10.7. The fourth-order valence-corrected chi connectivity index (χ4v) is 1.58. The molecule has 0 atom stereocenters. The maximum absolute atomic E-state index is 8.70. The first-order valence-corrected chi connectivity index (χ1v) is 5.37. The van der Waals surface area contributed by atoms with Gasteiger partial charge in [0.2, 0.25) is 0 Å². The lowest BCUT2D eigenvalue weighted by Crippen LogP contribution is -1.87. The van der Waals surface area contributed by atoms with Crippen molar-refractivity contribution in [2.24, 2.45) is 0 Å². The molecule has 0 bridgehead atoms. The molecule has 1 aromatic heterocycles. The minimum atomic E-state index is 0.340. The number of nitrogens with zero attached hydrogens (tertiary/aromatic N) is 2. The number of pyridine rings is 1. The number of benzene rings is 1. The summed E-state index contributed by atoms with van der Waals surface area (Å²) in [6, 6.07) is 12.8. The quantitative estimate of drug-likeness (QED) is 0.842. The van der Waals surface area contributed by atoms with Crippen molar-refractivity contribution in [3.05, 3.63) is 52.8 Å². The van der Waals surface area contributed by atoms with E-state index in [1.165, 1.54) is 0 Å². The van der Waals surface area contributed by atoms with Gasteiger partial charge < -0.3 is 4.74 Å². The first-order chi connectivity index (χ1) is 7.78. The summed E-state index contributed by atoms with van der Waals surface area (Å²) >= 11 is 3.36. The second kappa shape index (κ2) is 4.77. The van der Waals surface area contributed by atoms with E-state index in [1.807, 2.05) is 30.3 Å². The summed E-state index contributed by atoms with van der Waals surface area (Å²) in [5.41, 5.74) is 0.340. The third-order valence-corrected chi connectivity index (χ3v) is 2.37. The van der Waals surface area contributed by atoms with Crippen molar-refractivity contribution in [2.45, 2.75) is 0 Å². The lowest BCUT2D eigenvalue weighted by atomic mass is 10.3. The van der Waals surface area contributed by atoms with Crippen molar-refractivity contribution < 1.29 is 4.74 Å². The smallest absolute Gasteiger partial charge is 0.144 e. The normalized spacial score (nSPS) is 9.50. The average Bonchev–Trinajstić information content (AvgIpc) is 2.29. The molecule has 2 aromatic rings. The predicted molar refractivity (Wildman–Crippen MR) is 63.2 cm³/mol. The summed E-state index contributed by atoms with van der Waals surface area (Å²) in [4.78, 5) is 3.87. The fourth-order valence-electron chi connectivity index (χ4n) is 1.20. The zero-order valence-corrected chi connectivity index (χ0v) is 9.81. The van der Waals surface area contributed by atoms with E-state index in [2.05, 4.69) is 20.9 Å². The Morgan fingerprint density at radius 1 is 1.19 bits per heavy atom. The van der Waals surface area contributed by atoms with Gasteiger partial charge in [-0.15, -0.1) is 0 Å². The molecule has 16 heavy (non-hydrogen) atoms. The van der Waals surface area contributed by atoms with E-state index in [1.54, 1.807) is 18.3 Å². The molecule has 0 radical (unpaired) electrons. The van der Waals surface area contributed by atoms with Crippen LogP contribution < -0.4 is 4.74 Å². The summed E-state index contributed by atoms with van der Waals surface area (Å²) in [6.07, 6.45) is 1.55. The molecular weight excluding hydrogens is 268 g/mol. The monoisotopic (exact) mass is 274 g/mol. The second-order valence-corrected chi connectivity index (χ2v) is 3.96. The third kappa shape index (κ3) is 2.59. The molecular formula is C12H7BrN2O. The molecule has 0 aliphatic carbocycles. The molecule has 4 heteroatoms. The molecule has 0 spiro atoms. The number of hydrogen-bond donors (Lipinski definition) is 0. The lowest BCUT2D eigenvalue weighted by Gasteiger charge is -2.05. The molecule has 0 saturated carbocycles. The van der Waals surface area contributed by atoms with Gasteiger partial charge in [0.25, 0.3) is 0 Å². The topological polar surface area (TPSA) is 45.9 Å². The maximum atomic E-state index is 8.70. The minimum absolute atomic E-state index is 0.340. The molecule has 0 N–H and O–H groups in total. The van der Waals surface area contributed by atoms with E-state index in [-0.39, 0.29) is 0 Å². The van der Waals surface area contributed by atoms with Gasteiger partial charge in [0.05, 0.1) is 0 Å². The molecule has 0 fully saturated rings. The van der Waals surface area contributed by atoms with Crippen molar-refractivity contribution in [2.75, 3.05) is 0 Å². The van der Waals surface area contributed by atoms with Gasteiger partial charge in [-0.2, -0.15) is 5.26 Å². The number of ether oxygens (including phenoxy) is 1. The van der Waals surface area contributed by atoms with Crippen LogP contribution in [0.5, 0.6) is 11.5 Å². The Labute approximate surface area is 101 Å². The van der Waals surface area contributed by atoms with Crippen LogP contribution in [0.1, 0.15) is 5.69 Å². The van der Waals surface area contributed by atoms with Crippen molar-refractivity contribution in [3.8, 4) is 17.6 Å². The van der Waals surface area contributed by atoms with Crippen molar-refractivity contribution >= 4 is 15.9 Å². The summed E-state index contributed by atoms with van der Waals surface area (Å²) in [5.74, 6) is 1.31. The number of halogens is 1. The van der Waals surface area contributed by atoms with Crippen LogP contribution in [0.2, 0.25) is 0 Å². The number of aromatic nitrogens is 1. The summed E-state index contributed by atoms with van der Waals surface area (Å²) < 4.78 is 6.52. The van der Waals surface area contributed by atoms with E-state index in [4.69, 9.17) is 10.00 Å². The van der Waals surface area contributed by atoms with Crippen LogP contribution in [0.4, 0.5) is 0 Å². The van der Waals surface area contributed by atoms with Crippen molar-refractivity contribution in [1.29, 1.82) is 5.26 Å². The van der Waals surface area contributed by atoms with Gasteiger partial charge in [0, 0.05) is 16.7 Å². The molecule has 2 rings (SSSR count). The highest BCUT2D eigenvalue weighted by atomic mass is 79.9. The van der Waals surface area contributed by atoms with Gasteiger partial charge in [0.15, 0.2) is 0 Å². The first-order valence-electron chi connectivity index (χ1n) is 4.57. The molecule has 0 saturated heterocycles. The Bertz CT molecular complexity index is 549. The van der Waals surface area contributed by atoms with Crippen LogP contribution in [0.3, 0.4) is 0 Å². The van der Waals surface area contributed by atoms with Crippen molar-refractivity contribution in [1.82, 2.24) is 4.98 Å². The molecule has 78 valence electrons. The van der Waals surface area contributed by atoms with E-state index in [0.29, 0.717) is 17.2 Å². The summed E-state index contributed by atoms with van der Waals surface area (Å²) in [6.45, 7) is 0.